The molecular formula is C32H31NO7. The van der Waals surface area contributed by atoms with Gasteiger partial charge in [-0.1, -0.05) is 60.7 Å². The molecule has 8 heteroatoms. The number of ketones is 1. The van der Waals surface area contributed by atoms with Gasteiger partial charge < -0.3 is 24.3 Å². The minimum atomic E-state index is -1.06. The molecule has 0 amide bonds. The Morgan fingerprint density at radius 2 is 1.40 bits per heavy atom. The van der Waals surface area contributed by atoms with Gasteiger partial charge in [0.15, 0.2) is 5.78 Å². The van der Waals surface area contributed by atoms with Gasteiger partial charge in [0.25, 0.3) is 0 Å². The summed E-state index contributed by atoms with van der Waals surface area (Å²) in [6.45, 7) is 0.902. The van der Waals surface area contributed by atoms with Crippen LogP contribution in [0.15, 0.2) is 79.0 Å². The first-order chi connectivity index (χ1) is 19.4. The van der Waals surface area contributed by atoms with Gasteiger partial charge in [0.05, 0.1) is 25.2 Å². The highest BCUT2D eigenvalue weighted by Gasteiger charge is 2.18. The highest BCUT2D eigenvalue weighted by atomic mass is 16.5. The third kappa shape index (κ3) is 7.83. The second kappa shape index (κ2) is 13.8. The van der Waals surface area contributed by atoms with E-state index in [9.17, 15) is 19.5 Å². The van der Waals surface area contributed by atoms with Crippen molar-refractivity contribution in [1.29, 1.82) is 0 Å². The Bertz CT molecular complexity index is 1490. The number of carboxylic acids is 2. The first-order valence-electron chi connectivity index (χ1n) is 13.1. The van der Waals surface area contributed by atoms with Crippen molar-refractivity contribution in [3.05, 3.63) is 95.7 Å². The number of fused-ring (bicyclic) bond motifs is 1. The van der Waals surface area contributed by atoms with Gasteiger partial charge in [-0.25, -0.2) is 0 Å². The van der Waals surface area contributed by atoms with Crippen LogP contribution in [0.1, 0.15) is 47.2 Å². The van der Waals surface area contributed by atoms with Crippen LogP contribution in [-0.2, 0) is 16.1 Å². The minimum Gasteiger partial charge on any atom is -0.494 e. The summed E-state index contributed by atoms with van der Waals surface area (Å²) in [5.74, 6) is -0.807. The van der Waals surface area contributed by atoms with Crippen LogP contribution in [0.2, 0.25) is 0 Å². The van der Waals surface area contributed by atoms with E-state index in [0.717, 1.165) is 35.5 Å². The zero-order valence-corrected chi connectivity index (χ0v) is 22.0. The monoisotopic (exact) mass is 541 g/mol. The van der Waals surface area contributed by atoms with Crippen molar-refractivity contribution in [1.82, 2.24) is 4.57 Å². The molecule has 0 spiro atoms. The van der Waals surface area contributed by atoms with Crippen molar-refractivity contribution in [2.45, 2.75) is 32.2 Å². The molecule has 0 aliphatic carbocycles. The molecule has 0 unspecified atom stereocenters. The Hall–Kier alpha value is -4.85. The van der Waals surface area contributed by atoms with Crippen LogP contribution in [0, 0.1) is 0 Å². The zero-order valence-electron chi connectivity index (χ0n) is 22.0. The van der Waals surface area contributed by atoms with Gasteiger partial charge in [0, 0.05) is 23.6 Å². The molecule has 4 rings (SSSR count). The highest BCUT2D eigenvalue weighted by Crippen LogP contribution is 2.28. The lowest BCUT2D eigenvalue weighted by molar-refractivity contribution is -0.138. The molecule has 8 nitrogen and oxygen atoms in total. The Morgan fingerprint density at radius 3 is 2.05 bits per heavy atom. The fourth-order valence-electron chi connectivity index (χ4n) is 4.33. The molecule has 0 saturated carbocycles. The number of aromatic nitrogens is 1. The molecule has 0 aliphatic heterocycles. The molecule has 2 N–H and O–H groups in total. The van der Waals surface area contributed by atoms with Crippen LogP contribution in [0.5, 0.6) is 11.5 Å². The van der Waals surface area contributed by atoms with Crippen LogP contribution in [0.25, 0.3) is 23.1 Å². The van der Waals surface area contributed by atoms with Gasteiger partial charge in [-0.05, 0) is 48.2 Å². The smallest absolute Gasteiger partial charge is 0.323 e. The molecule has 1 aromatic heterocycles. The van der Waals surface area contributed by atoms with Crippen molar-refractivity contribution >= 4 is 40.8 Å². The lowest BCUT2D eigenvalue weighted by Gasteiger charge is -2.08. The Kier molecular flexibility index (Phi) is 9.72. The van der Waals surface area contributed by atoms with E-state index in [2.05, 4.69) is 0 Å². The molecular weight excluding hydrogens is 510 g/mol. The normalized spacial score (nSPS) is 11.1. The van der Waals surface area contributed by atoms with E-state index in [-0.39, 0.29) is 25.2 Å². The van der Waals surface area contributed by atoms with E-state index >= 15 is 0 Å². The van der Waals surface area contributed by atoms with E-state index in [1.807, 2.05) is 72.8 Å². The van der Waals surface area contributed by atoms with Crippen molar-refractivity contribution in [2.75, 3.05) is 13.2 Å². The number of carbonyl (C=O) groups is 3. The van der Waals surface area contributed by atoms with E-state index in [4.69, 9.17) is 14.6 Å². The van der Waals surface area contributed by atoms with Gasteiger partial charge in [-0.15, -0.1) is 0 Å². The molecule has 0 saturated heterocycles. The highest BCUT2D eigenvalue weighted by molar-refractivity contribution is 6.10. The molecule has 0 atom stereocenters. The summed E-state index contributed by atoms with van der Waals surface area (Å²) < 4.78 is 13.1. The number of benzene rings is 3. The van der Waals surface area contributed by atoms with E-state index in [0.29, 0.717) is 29.7 Å². The number of para-hydroxylation sites is 2. The van der Waals surface area contributed by atoms with E-state index in [1.54, 1.807) is 12.1 Å². The molecule has 40 heavy (non-hydrogen) atoms. The molecule has 0 aliphatic rings. The van der Waals surface area contributed by atoms with Gasteiger partial charge in [-0.3, -0.25) is 14.4 Å². The number of ether oxygens (including phenoxy) is 2. The molecule has 3 aromatic carbocycles. The lowest BCUT2D eigenvalue weighted by Crippen LogP contribution is -2.08. The predicted molar refractivity (Wildman–Crippen MR) is 153 cm³/mol. The van der Waals surface area contributed by atoms with Gasteiger partial charge in [0.1, 0.15) is 18.0 Å². The van der Waals surface area contributed by atoms with Crippen LogP contribution in [0.4, 0.5) is 0 Å². The van der Waals surface area contributed by atoms with Crippen LogP contribution in [-0.4, -0.2) is 45.7 Å². The van der Waals surface area contributed by atoms with Crippen molar-refractivity contribution in [3.63, 3.8) is 0 Å². The van der Waals surface area contributed by atoms with Crippen molar-refractivity contribution < 1.29 is 34.1 Å². The second-order valence-corrected chi connectivity index (χ2v) is 9.24. The summed E-state index contributed by atoms with van der Waals surface area (Å²) >= 11 is 0. The number of hydrogen-bond acceptors (Lipinski definition) is 5. The summed E-state index contributed by atoms with van der Waals surface area (Å²) in [6.07, 6.45) is 6.59. The average Bonchev–Trinajstić information content (AvgIpc) is 3.32. The molecule has 0 bridgehead atoms. The minimum absolute atomic E-state index is 0.155. The third-order valence-corrected chi connectivity index (χ3v) is 6.26. The number of Topliss-reactive ketones (excluding diaryl/α,β-unsaturated/α-hetero) is 1. The van der Waals surface area contributed by atoms with E-state index in [1.165, 1.54) is 10.8 Å². The first-order valence-corrected chi connectivity index (χ1v) is 13.1. The molecule has 0 radical (unpaired) electrons. The molecule has 0 fully saturated rings. The number of hydrogen-bond donors (Lipinski definition) is 2. The van der Waals surface area contributed by atoms with Crippen molar-refractivity contribution in [2.24, 2.45) is 0 Å². The van der Waals surface area contributed by atoms with Crippen LogP contribution >= 0.6 is 0 Å². The number of carboxylic acid groups (broad SMARTS) is 2. The molecule has 4 aromatic rings. The fourth-order valence-corrected chi connectivity index (χ4v) is 4.33. The number of rotatable bonds is 15. The van der Waals surface area contributed by atoms with Gasteiger partial charge in [-0.2, -0.15) is 0 Å². The Labute approximate surface area is 232 Å². The summed E-state index contributed by atoms with van der Waals surface area (Å²) in [5, 5.41) is 18.9. The third-order valence-electron chi connectivity index (χ3n) is 6.26. The zero-order chi connectivity index (χ0) is 28.3. The quantitative estimate of drug-likeness (QED) is 0.105. The van der Waals surface area contributed by atoms with E-state index < -0.39 is 11.9 Å². The Morgan fingerprint density at radius 1 is 0.725 bits per heavy atom. The largest absolute Gasteiger partial charge is 0.494 e. The summed E-state index contributed by atoms with van der Waals surface area (Å²) in [7, 11) is 0. The maximum Gasteiger partial charge on any atom is 0.323 e. The predicted octanol–water partition coefficient (Wildman–Crippen LogP) is 6.18. The second-order valence-electron chi connectivity index (χ2n) is 9.24. The number of carbonyl (C=O) groups excluding carboxylic acids is 1. The average molecular weight is 542 g/mol. The Balaban J connectivity index is 1.39. The number of nitrogens with zero attached hydrogens (tertiary/aromatic N) is 1. The summed E-state index contributed by atoms with van der Waals surface area (Å²) in [6, 6.07) is 22.8. The topological polar surface area (TPSA) is 115 Å². The number of unbranched alkanes of at least 4 members (excludes halogenated alkanes) is 1. The number of aliphatic carboxylic acids is 2. The summed E-state index contributed by atoms with van der Waals surface area (Å²) in [5.41, 5.74) is 2.60. The maximum atomic E-state index is 12.7. The van der Waals surface area contributed by atoms with Crippen LogP contribution in [0.3, 0.4) is 0 Å². The van der Waals surface area contributed by atoms with Crippen LogP contribution < -0.4 is 9.47 Å². The first kappa shape index (κ1) is 28.2. The molecule has 1 heterocycles. The standard InChI is InChI=1S/C32H31NO7/c34-29(17-18-30(35)36)28-21-33(22-31(37)38)32-24(7-6-10-27(28)32)14-11-23-12-15-26(16-13-23)40-20-5-4-19-39-25-8-2-1-3-9-25/h1-3,6-16,21H,4-5,17-20,22H2,(H,35,36)(H,37,38)/b14-11+. The van der Waals surface area contributed by atoms with Crippen molar-refractivity contribution in [3.8, 4) is 11.5 Å². The fraction of sp³-hybridized carbons (Fsp3) is 0.219. The molecule has 206 valence electrons. The lowest BCUT2D eigenvalue weighted by atomic mass is 10.0. The van der Waals surface area contributed by atoms with Gasteiger partial charge >= 0.3 is 11.9 Å². The van der Waals surface area contributed by atoms with Gasteiger partial charge in [0.2, 0.25) is 0 Å². The SMILES string of the molecule is O=C(O)CCC(=O)c1cn(CC(=O)O)c2c(/C=C/c3ccc(OCCCCOc4ccccc4)cc3)cccc12. The summed E-state index contributed by atoms with van der Waals surface area (Å²) in [4.78, 5) is 35.1. The maximum absolute atomic E-state index is 12.7.